The van der Waals surface area contributed by atoms with E-state index in [0.29, 0.717) is 17.9 Å². The Morgan fingerprint density at radius 3 is 2.73 bits per heavy atom. The number of likely N-dealkylation sites (tertiary alicyclic amines) is 1. The molecule has 1 atom stereocenters. The Bertz CT molecular complexity index is 513. The Hall–Kier alpha value is -1.66. The van der Waals surface area contributed by atoms with Crippen LogP contribution in [0.5, 0.6) is 5.75 Å². The van der Waals surface area contributed by atoms with Crippen molar-refractivity contribution in [1.29, 1.82) is 0 Å². The maximum Gasteiger partial charge on any atom is 0.272 e. The molecule has 22 heavy (non-hydrogen) atoms. The first-order valence-electron chi connectivity index (χ1n) is 7.74. The fourth-order valence-corrected chi connectivity index (χ4v) is 2.71. The minimum Gasteiger partial charge on any atom is -0.491 e. The van der Waals surface area contributed by atoms with Gasteiger partial charge < -0.3 is 14.7 Å². The second-order valence-electron chi connectivity index (χ2n) is 6.15. The Morgan fingerprint density at radius 1 is 1.45 bits per heavy atom. The standard InChI is InChI=1S/C16H24N2O4/c1-12-5-7-17(8-6-12)10-14(19)11-22-15-3-4-16(18(20)21)13(2)9-15/h3-4,9,12,14,19H,5-8,10-11H2,1-2H3. The van der Waals surface area contributed by atoms with Gasteiger partial charge in [0.25, 0.3) is 5.69 Å². The zero-order valence-electron chi connectivity index (χ0n) is 13.2. The molecule has 0 radical (unpaired) electrons. The van der Waals surface area contributed by atoms with Gasteiger partial charge in [-0.05, 0) is 50.9 Å². The van der Waals surface area contributed by atoms with Gasteiger partial charge in [-0.3, -0.25) is 10.1 Å². The molecule has 1 aromatic carbocycles. The smallest absolute Gasteiger partial charge is 0.272 e. The molecule has 1 heterocycles. The molecule has 122 valence electrons. The molecule has 1 aromatic rings. The van der Waals surface area contributed by atoms with Gasteiger partial charge in [-0.15, -0.1) is 0 Å². The summed E-state index contributed by atoms with van der Waals surface area (Å²) in [5.74, 6) is 1.32. The Labute approximate surface area is 130 Å². The average Bonchev–Trinajstić information content (AvgIpc) is 2.47. The van der Waals surface area contributed by atoms with Crippen LogP contribution in [0.3, 0.4) is 0 Å². The first-order chi connectivity index (χ1) is 10.5. The van der Waals surface area contributed by atoms with Crippen LogP contribution < -0.4 is 4.74 Å². The lowest BCUT2D eigenvalue weighted by molar-refractivity contribution is -0.385. The van der Waals surface area contributed by atoms with Crippen LogP contribution in [-0.2, 0) is 0 Å². The van der Waals surface area contributed by atoms with Crippen LogP contribution >= 0.6 is 0 Å². The molecule has 1 unspecified atom stereocenters. The molecule has 0 aromatic heterocycles. The predicted octanol–water partition coefficient (Wildman–Crippen LogP) is 2.37. The van der Waals surface area contributed by atoms with Gasteiger partial charge >= 0.3 is 0 Å². The molecule has 6 heteroatoms. The lowest BCUT2D eigenvalue weighted by Crippen LogP contribution is -2.40. The summed E-state index contributed by atoms with van der Waals surface area (Å²) in [6.07, 6.45) is 1.80. The van der Waals surface area contributed by atoms with Crippen molar-refractivity contribution in [3.05, 3.63) is 33.9 Å². The van der Waals surface area contributed by atoms with Crippen molar-refractivity contribution in [2.75, 3.05) is 26.2 Å². The normalized spacial score (nSPS) is 18.1. The summed E-state index contributed by atoms with van der Waals surface area (Å²) in [5.41, 5.74) is 0.636. The number of hydrogen-bond acceptors (Lipinski definition) is 5. The van der Waals surface area contributed by atoms with E-state index in [4.69, 9.17) is 4.74 Å². The number of ether oxygens (including phenoxy) is 1. The van der Waals surface area contributed by atoms with E-state index in [2.05, 4.69) is 11.8 Å². The maximum atomic E-state index is 10.8. The number of aliphatic hydroxyl groups is 1. The number of aliphatic hydroxyl groups excluding tert-OH is 1. The molecule has 1 saturated heterocycles. The molecule has 1 aliphatic heterocycles. The second kappa shape index (κ2) is 7.56. The van der Waals surface area contributed by atoms with E-state index >= 15 is 0 Å². The van der Waals surface area contributed by atoms with Crippen LogP contribution in [0.15, 0.2) is 18.2 Å². The van der Waals surface area contributed by atoms with Crippen molar-refractivity contribution >= 4 is 5.69 Å². The highest BCUT2D eigenvalue weighted by molar-refractivity contribution is 5.44. The van der Waals surface area contributed by atoms with Gasteiger partial charge in [0.1, 0.15) is 18.5 Å². The second-order valence-corrected chi connectivity index (χ2v) is 6.15. The van der Waals surface area contributed by atoms with Gasteiger partial charge in [0.05, 0.1) is 4.92 Å². The molecule has 1 aliphatic rings. The first kappa shape index (κ1) is 16.7. The van der Waals surface area contributed by atoms with Crippen LogP contribution in [0.25, 0.3) is 0 Å². The molecule has 6 nitrogen and oxygen atoms in total. The number of nitro groups is 1. The lowest BCUT2D eigenvalue weighted by Gasteiger charge is -2.31. The molecule has 0 aliphatic carbocycles. The van der Waals surface area contributed by atoms with Crippen molar-refractivity contribution in [2.24, 2.45) is 5.92 Å². The third-order valence-corrected chi connectivity index (χ3v) is 4.15. The molecule has 0 spiro atoms. The number of rotatable bonds is 6. The van der Waals surface area contributed by atoms with E-state index in [0.717, 1.165) is 19.0 Å². The van der Waals surface area contributed by atoms with E-state index < -0.39 is 11.0 Å². The fourth-order valence-electron chi connectivity index (χ4n) is 2.71. The molecular formula is C16H24N2O4. The fraction of sp³-hybridized carbons (Fsp3) is 0.625. The van der Waals surface area contributed by atoms with Crippen LogP contribution in [0, 0.1) is 23.0 Å². The van der Waals surface area contributed by atoms with E-state index in [-0.39, 0.29) is 12.3 Å². The number of benzene rings is 1. The van der Waals surface area contributed by atoms with Crippen LogP contribution in [0.4, 0.5) is 5.69 Å². The molecule has 1 fully saturated rings. The van der Waals surface area contributed by atoms with Gasteiger partial charge in [0, 0.05) is 18.2 Å². The third-order valence-electron chi connectivity index (χ3n) is 4.15. The monoisotopic (exact) mass is 308 g/mol. The predicted molar refractivity (Wildman–Crippen MR) is 84.2 cm³/mol. The van der Waals surface area contributed by atoms with Crippen molar-refractivity contribution in [3.8, 4) is 5.75 Å². The van der Waals surface area contributed by atoms with Crippen LogP contribution in [0.1, 0.15) is 25.3 Å². The van der Waals surface area contributed by atoms with Gasteiger partial charge in [0.2, 0.25) is 0 Å². The van der Waals surface area contributed by atoms with Crippen LogP contribution in [-0.4, -0.2) is 47.3 Å². The molecule has 0 amide bonds. The minimum atomic E-state index is -0.552. The Morgan fingerprint density at radius 2 is 2.14 bits per heavy atom. The SMILES string of the molecule is Cc1cc(OCC(O)CN2CCC(C)CC2)ccc1[N+](=O)[O-]. The third kappa shape index (κ3) is 4.68. The summed E-state index contributed by atoms with van der Waals surface area (Å²) in [5, 5.41) is 20.8. The summed E-state index contributed by atoms with van der Waals surface area (Å²) in [6, 6.07) is 4.64. The quantitative estimate of drug-likeness (QED) is 0.645. The first-order valence-corrected chi connectivity index (χ1v) is 7.74. The summed E-state index contributed by atoms with van der Waals surface area (Å²) >= 11 is 0. The van der Waals surface area contributed by atoms with Gasteiger partial charge in [-0.1, -0.05) is 6.92 Å². The average molecular weight is 308 g/mol. The molecule has 0 saturated carbocycles. The van der Waals surface area contributed by atoms with E-state index in [9.17, 15) is 15.2 Å². The minimum absolute atomic E-state index is 0.0790. The topological polar surface area (TPSA) is 75.8 Å². The number of nitrogens with zero attached hydrogens (tertiary/aromatic N) is 2. The van der Waals surface area contributed by atoms with Crippen molar-refractivity contribution in [3.63, 3.8) is 0 Å². The van der Waals surface area contributed by atoms with Crippen molar-refractivity contribution in [1.82, 2.24) is 4.90 Å². The largest absolute Gasteiger partial charge is 0.491 e. The highest BCUT2D eigenvalue weighted by Crippen LogP contribution is 2.23. The van der Waals surface area contributed by atoms with Crippen LogP contribution in [0.2, 0.25) is 0 Å². The highest BCUT2D eigenvalue weighted by atomic mass is 16.6. The highest BCUT2D eigenvalue weighted by Gasteiger charge is 2.19. The van der Waals surface area contributed by atoms with E-state index in [1.165, 1.54) is 18.9 Å². The zero-order chi connectivity index (χ0) is 16.1. The molecule has 2 rings (SSSR count). The Kier molecular flexibility index (Phi) is 5.74. The summed E-state index contributed by atoms with van der Waals surface area (Å²) in [7, 11) is 0. The molecule has 0 bridgehead atoms. The van der Waals surface area contributed by atoms with Gasteiger partial charge in [-0.25, -0.2) is 0 Å². The number of nitro benzene ring substituents is 1. The number of aryl methyl sites for hydroxylation is 1. The van der Waals surface area contributed by atoms with Crippen molar-refractivity contribution < 1.29 is 14.8 Å². The zero-order valence-corrected chi connectivity index (χ0v) is 13.2. The molecular weight excluding hydrogens is 284 g/mol. The summed E-state index contributed by atoms with van der Waals surface area (Å²) in [4.78, 5) is 12.6. The number of hydrogen-bond donors (Lipinski definition) is 1. The van der Waals surface area contributed by atoms with Gasteiger partial charge in [0.15, 0.2) is 0 Å². The maximum absolute atomic E-state index is 10.8. The van der Waals surface area contributed by atoms with E-state index in [1.54, 1.807) is 19.1 Å². The number of β-amino-alcohol motifs (C(OH)–C–C–N with tert-alkyl or cyclic N) is 1. The Balaban J connectivity index is 1.79. The number of piperidine rings is 1. The summed E-state index contributed by atoms with van der Waals surface area (Å²) in [6.45, 7) is 6.79. The van der Waals surface area contributed by atoms with Crippen molar-refractivity contribution in [2.45, 2.75) is 32.8 Å². The molecule has 1 N–H and O–H groups in total. The summed E-state index contributed by atoms with van der Waals surface area (Å²) < 4.78 is 5.55. The van der Waals surface area contributed by atoms with Gasteiger partial charge in [-0.2, -0.15) is 0 Å². The van der Waals surface area contributed by atoms with E-state index in [1.807, 2.05) is 0 Å². The lowest BCUT2D eigenvalue weighted by atomic mass is 9.99.